The van der Waals surface area contributed by atoms with E-state index in [0.29, 0.717) is 18.1 Å². The summed E-state index contributed by atoms with van der Waals surface area (Å²) in [6.07, 6.45) is 3.47. The Bertz CT molecular complexity index is 609. The van der Waals surface area contributed by atoms with Gasteiger partial charge in [0, 0.05) is 4.47 Å². The summed E-state index contributed by atoms with van der Waals surface area (Å²) in [5, 5.41) is 0. The van der Waals surface area contributed by atoms with Crippen molar-refractivity contribution in [3.63, 3.8) is 0 Å². The lowest BCUT2D eigenvalue weighted by atomic mass is 10.2. The van der Waals surface area contributed by atoms with Gasteiger partial charge in [0.1, 0.15) is 6.61 Å². The Kier molecular flexibility index (Phi) is 5.69. The van der Waals surface area contributed by atoms with Crippen molar-refractivity contribution in [1.82, 2.24) is 0 Å². The average Bonchev–Trinajstić information content (AvgIpc) is 2.53. The number of halogens is 1. The molecule has 2 rings (SSSR count). The SMILES string of the molecule is CO/C=C/c1cc(OC)c(OCc2ccccc2)cc1Br. The van der Waals surface area contributed by atoms with Crippen LogP contribution in [0.4, 0.5) is 0 Å². The molecule has 0 aliphatic heterocycles. The Balaban J connectivity index is 2.19. The van der Waals surface area contributed by atoms with Gasteiger partial charge in [0.15, 0.2) is 11.5 Å². The third-order valence-electron chi connectivity index (χ3n) is 2.90. The maximum atomic E-state index is 5.84. The molecule has 110 valence electrons. The minimum absolute atomic E-state index is 0.497. The molecule has 2 aromatic carbocycles. The molecule has 0 heterocycles. The fourth-order valence-corrected chi connectivity index (χ4v) is 2.28. The van der Waals surface area contributed by atoms with Gasteiger partial charge in [-0.25, -0.2) is 0 Å². The van der Waals surface area contributed by atoms with E-state index in [4.69, 9.17) is 14.2 Å². The van der Waals surface area contributed by atoms with Gasteiger partial charge in [0.25, 0.3) is 0 Å². The Morgan fingerprint density at radius 2 is 1.81 bits per heavy atom. The number of rotatable bonds is 6. The number of benzene rings is 2. The zero-order valence-corrected chi connectivity index (χ0v) is 13.6. The van der Waals surface area contributed by atoms with Crippen molar-refractivity contribution in [3.05, 3.63) is 64.3 Å². The van der Waals surface area contributed by atoms with Crippen LogP contribution in [0.3, 0.4) is 0 Å². The maximum Gasteiger partial charge on any atom is 0.162 e. The molecule has 21 heavy (non-hydrogen) atoms. The fraction of sp³-hybridized carbons (Fsp3) is 0.176. The van der Waals surface area contributed by atoms with Crippen LogP contribution in [0.25, 0.3) is 6.08 Å². The summed E-state index contributed by atoms with van der Waals surface area (Å²) in [4.78, 5) is 0. The third-order valence-corrected chi connectivity index (χ3v) is 3.59. The molecule has 0 aliphatic carbocycles. The monoisotopic (exact) mass is 348 g/mol. The zero-order chi connectivity index (χ0) is 15.1. The molecule has 0 unspecified atom stereocenters. The molecule has 0 N–H and O–H groups in total. The lowest BCUT2D eigenvalue weighted by molar-refractivity contribution is 0.284. The highest BCUT2D eigenvalue weighted by Gasteiger charge is 2.09. The predicted molar refractivity (Wildman–Crippen MR) is 87.5 cm³/mol. The number of hydrogen-bond donors (Lipinski definition) is 0. The Hall–Kier alpha value is -1.94. The van der Waals surface area contributed by atoms with Crippen LogP contribution < -0.4 is 9.47 Å². The minimum Gasteiger partial charge on any atom is -0.504 e. The number of ether oxygens (including phenoxy) is 3. The van der Waals surface area contributed by atoms with Crippen LogP contribution in [0, 0.1) is 0 Å². The summed E-state index contributed by atoms with van der Waals surface area (Å²) >= 11 is 3.52. The van der Waals surface area contributed by atoms with E-state index in [1.54, 1.807) is 20.5 Å². The molecule has 0 amide bonds. The van der Waals surface area contributed by atoms with E-state index in [9.17, 15) is 0 Å². The second-order valence-electron chi connectivity index (χ2n) is 4.34. The molecule has 0 bridgehead atoms. The van der Waals surface area contributed by atoms with E-state index in [1.165, 1.54) is 0 Å². The molecule has 0 saturated heterocycles. The third kappa shape index (κ3) is 4.26. The topological polar surface area (TPSA) is 27.7 Å². The van der Waals surface area contributed by atoms with E-state index in [2.05, 4.69) is 15.9 Å². The lowest BCUT2D eigenvalue weighted by Crippen LogP contribution is -1.98. The molecule has 4 heteroatoms. The van der Waals surface area contributed by atoms with Gasteiger partial charge in [0.2, 0.25) is 0 Å². The van der Waals surface area contributed by atoms with Crippen molar-refractivity contribution in [3.8, 4) is 11.5 Å². The molecule has 0 atom stereocenters. The normalized spacial score (nSPS) is 10.6. The quantitative estimate of drug-likeness (QED) is 0.711. The van der Waals surface area contributed by atoms with Crippen LogP contribution in [0.1, 0.15) is 11.1 Å². The molecule has 0 spiro atoms. The first-order valence-corrected chi connectivity index (χ1v) is 7.27. The van der Waals surface area contributed by atoms with Gasteiger partial charge in [-0.2, -0.15) is 0 Å². The zero-order valence-electron chi connectivity index (χ0n) is 12.0. The fourth-order valence-electron chi connectivity index (χ4n) is 1.83. The maximum absolute atomic E-state index is 5.84. The van der Waals surface area contributed by atoms with Crippen LogP contribution in [0.2, 0.25) is 0 Å². The number of hydrogen-bond acceptors (Lipinski definition) is 3. The summed E-state index contributed by atoms with van der Waals surface area (Å²) < 4.78 is 17.1. The van der Waals surface area contributed by atoms with Crippen molar-refractivity contribution >= 4 is 22.0 Å². The molecule has 0 aliphatic rings. The smallest absolute Gasteiger partial charge is 0.162 e. The van der Waals surface area contributed by atoms with Gasteiger partial charge < -0.3 is 14.2 Å². The van der Waals surface area contributed by atoms with Crippen LogP contribution >= 0.6 is 15.9 Å². The highest BCUT2D eigenvalue weighted by atomic mass is 79.9. The van der Waals surface area contributed by atoms with E-state index in [0.717, 1.165) is 15.6 Å². The van der Waals surface area contributed by atoms with Crippen LogP contribution in [-0.4, -0.2) is 14.2 Å². The van der Waals surface area contributed by atoms with Gasteiger partial charge in [-0.05, 0) is 29.3 Å². The van der Waals surface area contributed by atoms with Crippen molar-refractivity contribution in [2.45, 2.75) is 6.61 Å². The van der Waals surface area contributed by atoms with Gasteiger partial charge in [-0.3, -0.25) is 0 Å². The van der Waals surface area contributed by atoms with E-state index in [1.807, 2.05) is 48.5 Å². The minimum atomic E-state index is 0.497. The van der Waals surface area contributed by atoms with Crippen molar-refractivity contribution in [2.24, 2.45) is 0 Å². The standard InChI is InChI=1S/C17H17BrO3/c1-19-9-8-14-10-16(20-2)17(11-15(14)18)21-12-13-6-4-3-5-7-13/h3-11H,12H2,1-2H3/b9-8+. The van der Waals surface area contributed by atoms with Gasteiger partial charge in [0.05, 0.1) is 20.5 Å². The van der Waals surface area contributed by atoms with Crippen LogP contribution in [0.5, 0.6) is 11.5 Å². The van der Waals surface area contributed by atoms with E-state index < -0.39 is 0 Å². The summed E-state index contributed by atoms with van der Waals surface area (Å²) in [6, 6.07) is 13.8. The second kappa shape index (κ2) is 7.74. The average molecular weight is 349 g/mol. The first kappa shape index (κ1) is 15.4. The van der Waals surface area contributed by atoms with Gasteiger partial charge in [-0.15, -0.1) is 0 Å². The molecule has 0 saturated carbocycles. The molecule has 0 fully saturated rings. The van der Waals surface area contributed by atoms with E-state index >= 15 is 0 Å². The predicted octanol–water partition coefficient (Wildman–Crippen LogP) is 4.65. The van der Waals surface area contributed by atoms with Crippen molar-refractivity contribution < 1.29 is 14.2 Å². The van der Waals surface area contributed by atoms with E-state index in [-0.39, 0.29) is 0 Å². The summed E-state index contributed by atoms with van der Waals surface area (Å²) in [7, 11) is 3.24. The second-order valence-corrected chi connectivity index (χ2v) is 5.19. The first-order valence-electron chi connectivity index (χ1n) is 6.48. The van der Waals surface area contributed by atoms with Crippen molar-refractivity contribution in [1.29, 1.82) is 0 Å². The molecular formula is C17H17BrO3. The highest BCUT2D eigenvalue weighted by Crippen LogP contribution is 2.34. The summed E-state index contributed by atoms with van der Waals surface area (Å²) in [5.41, 5.74) is 2.07. The molecule has 0 radical (unpaired) electrons. The van der Waals surface area contributed by atoms with Gasteiger partial charge >= 0.3 is 0 Å². The number of methoxy groups -OCH3 is 2. The summed E-state index contributed by atoms with van der Waals surface area (Å²) in [6.45, 7) is 0.497. The molecule has 0 aromatic heterocycles. The first-order chi connectivity index (χ1) is 10.2. The largest absolute Gasteiger partial charge is 0.504 e. The molecule has 3 nitrogen and oxygen atoms in total. The Morgan fingerprint density at radius 1 is 1.05 bits per heavy atom. The lowest BCUT2D eigenvalue weighted by Gasteiger charge is -2.13. The Labute approximate surface area is 133 Å². The highest BCUT2D eigenvalue weighted by molar-refractivity contribution is 9.10. The van der Waals surface area contributed by atoms with Gasteiger partial charge in [-0.1, -0.05) is 46.3 Å². The molecule has 2 aromatic rings. The molecular weight excluding hydrogens is 332 g/mol. The van der Waals surface area contributed by atoms with Crippen LogP contribution in [-0.2, 0) is 11.3 Å². The summed E-state index contributed by atoms with van der Waals surface area (Å²) in [5.74, 6) is 1.38. The van der Waals surface area contributed by atoms with Crippen molar-refractivity contribution in [2.75, 3.05) is 14.2 Å². The van der Waals surface area contributed by atoms with Crippen LogP contribution in [0.15, 0.2) is 53.2 Å². The Morgan fingerprint density at radius 3 is 2.48 bits per heavy atom.